The highest BCUT2D eigenvalue weighted by Gasteiger charge is 2.21. The molecule has 2 aromatic rings. The standard InChI is InChI=1S/C15H18N2O2S/c1-3-4-9-19-15(18)12-10(2)13(20-14(12)16)11-5-7-17-8-6-11/h5-8H,3-4,9,16H2,1-2H3. The average molecular weight is 290 g/mol. The summed E-state index contributed by atoms with van der Waals surface area (Å²) in [7, 11) is 0. The molecule has 0 unspecified atom stereocenters. The normalized spacial score (nSPS) is 10.5. The number of rotatable bonds is 5. The zero-order valence-corrected chi connectivity index (χ0v) is 12.5. The van der Waals surface area contributed by atoms with E-state index in [0.717, 1.165) is 28.8 Å². The van der Waals surface area contributed by atoms with Crippen LogP contribution in [-0.4, -0.2) is 17.6 Å². The lowest BCUT2D eigenvalue weighted by Crippen LogP contribution is -2.08. The number of hydrogen-bond donors (Lipinski definition) is 1. The van der Waals surface area contributed by atoms with Crippen LogP contribution >= 0.6 is 11.3 Å². The number of unbranched alkanes of at least 4 members (excludes halogenated alkanes) is 1. The molecule has 0 aliphatic heterocycles. The molecular formula is C15H18N2O2S. The van der Waals surface area contributed by atoms with E-state index in [4.69, 9.17) is 10.5 Å². The van der Waals surface area contributed by atoms with Gasteiger partial charge < -0.3 is 10.5 Å². The molecule has 0 saturated heterocycles. The molecule has 2 heterocycles. The monoisotopic (exact) mass is 290 g/mol. The van der Waals surface area contributed by atoms with Crippen LogP contribution in [0.25, 0.3) is 10.4 Å². The molecule has 0 amide bonds. The number of hydrogen-bond acceptors (Lipinski definition) is 5. The van der Waals surface area contributed by atoms with Gasteiger partial charge in [0.15, 0.2) is 0 Å². The van der Waals surface area contributed by atoms with Gasteiger partial charge in [0.2, 0.25) is 0 Å². The summed E-state index contributed by atoms with van der Waals surface area (Å²) in [4.78, 5) is 17.1. The Morgan fingerprint density at radius 3 is 2.75 bits per heavy atom. The van der Waals surface area contributed by atoms with Crippen LogP contribution in [0.3, 0.4) is 0 Å². The summed E-state index contributed by atoms with van der Waals surface area (Å²) in [6, 6.07) is 3.81. The molecule has 0 fully saturated rings. The van der Waals surface area contributed by atoms with Crippen LogP contribution in [0.5, 0.6) is 0 Å². The first-order valence-corrected chi connectivity index (χ1v) is 7.43. The molecule has 20 heavy (non-hydrogen) atoms. The Hall–Kier alpha value is -1.88. The molecule has 2 N–H and O–H groups in total. The van der Waals surface area contributed by atoms with Crippen molar-refractivity contribution in [3.05, 3.63) is 35.7 Å². The maximum atomic E-state index is 12.1. The van der Waals surface area contributed by atoms with Crippen molar-refractivity contribution in [2.75, 3.05) is 12.3 Å². The van der Waals surface area contributed by atoms with Gasteiger partial charge in [-0.1, -0.05) is 13.3 Å². The van der Waals surface area contributed by atoms with Gasteiger partial charge in [0.05, 0.1) is 12.2 Å². The number of pyridine rings is 1. The Labute approximate surface area is 122 Å². The summed E-state index contributed by atoms with van der Waals surface area (Å²) < 4.78 is 5.25. The largest absolute Gasteiger partial charge is 0.462 e. The molecule has 106 valence electrons. The van der Waals surface area contributed by atoms with Crippen molar-refractivity contribution < 1.29 is 9.53 Å². The van der Waals surface area contributed by atoms with Crippen molar-refractivity contribution in [1.82, 2.24) is 4.98 Å². The van der Waals surface area contributed by atoms with Gasteiger partial charge in [0, 0.05) is 17.3 Å². The highest BCUT2D eigenvalue weighted by atomic mass is 32.1. The first-order chi connectivity index (χ1) is 9.65. The van der Waals surface area contributed by atoms with Crippen molar-refractivity contribution in [1.29, 1.82) is 0 Å². The summed E-state index contributed by atoms with van der Waals surface area (Å²) in [6.07, 6.45) is 5.31. The minimum absolute atomic E-state index is 0.329. The molecule has 0 aliphatic rings. The van der Waals surface area contributed by atoms with Crippen molar-refractivity contribution in [3.8, 4) is 10.4 Å². The Balaban J connectivity index is 2.28. The minimum atomic E-state index is -0.329. The van der Waals surface area contributed by atoms with E-state index < -0.39 is 0 Å². The zero-order chi connectivity index (χ0) is 14.5. The van der Waals surface area contributed by atoms with Crippen molar-refractivity contribution >= 4 is 22.3 Å². The van der Waals surface area contributed by atoms with Crippen LogP contribution in [0.1, 0.15) is 35.7 Å². The maximum absolute atomic E-state index is 12.1. The predicted octanol–water partition coefficient (Wildman–Crippen LogP) is 3.66. The van der Waals surface area contributed by atoms with Crippen molar-refractivity contribution in [2.45, 2.75) is 26.7 Å². The van der Waals surface area contributed by atoms with Crippen LogP contribution < -0.4 is 5.73 Å². The minimum Gasteiger partial charge on any atom is -0.462 e. The second-order valence-corrected chi connectivity index (χ2v) is 5.57. The van der Waals surface area contributed by atoms with E-state index in [1.165, 1.54) is 11.3 Å². The number of nitrogens with two attached hydrogens (primary N) is 1. The highest BCUT2D eigenvalue weighted by molar-refractivity contribution is 7.19. The number of thiophene rings is 1. The van der Waals surface area contributed by atoms with Gasteiger partial charge in [-0.25, -0.2) is 4.79 Å². The second-order valence-electron chi connectivity index (χ2n) is 4.52. The quantitative estimate of drug-likeness (QED) is 0.674. The second kappa shape index (κ2) is 6.52. The molecule has 0 atom stereocenters. The molecule has 0 bridgehead atoms. The molecule has 0 aromatic carbocycles. The van der Waals surface area contributed by atoms with Crippen LogP contribution in [0.4, 0.5) is 5.00 Å². The van der Waals surface area contributed by atoms with Gasteiger partial charge >= 0.3 is 5.97 Å². The van der Waals surface area contributed by atoms with Gasteiger partial charge in [-0.3, -0.25) is 4.98 Å². The number of carbonyl (C=O) groups is 1. The fourth-order valence-electron chi connectivity index (χ4n) is 1.95. The lowest BCUT2D eigenvalue weighted by Gasteiger charge is -2.05. The van der Waals surface area contributed by atoms with Crippen LogP contribution in [0, 0.1) is 6.92 Å². The number of nitrogens with zero attached hydrogens (tertiary/aromatic N) is 1. The van der Waals surface area contributed by atoms with Gasteiger partial charge in [0.25, 0.3) is 0 Å². The predicted molar refractivity (Wildman–Crippen MR) is 81.9 cm³/mol. The number of esters is 1. The van der Waals surface area contributed by atoms with Crippen molar-refractivity contribution in [2.24, 2.45) is 0 Å². The maximum Gasteiger partial charge on any atom is 0.341 e. The molecule has 2 rings (SSSR count). The summed E-state index contributed by atoms with van der Waals surface area (Å²) in [5.41, 5.74) is 8.38. The van der Waals surface area contributed by atoms with Crippen LogP contribution in [0.15, 0.2) is 24.5 Å². The zero-order valence-electron chi connectivity index (χ0n) is 11.7. The smallest absolute Gasteiger partial charge is 0.341 e. The Bertz CT molecular complexity index is 593. The van der Waals surface area contributed by atoms with E-state index >= 15 is 0 Å². The molecule has 4 nitrogen and oxygen atoms in total. The van der Waals surface area contributed by atoms with E-state index in [9.17, 15) is 4.79 Å². The number of nitrogen functional groups attached to an aromatic ring is 1. The van der Waals surface area contributed by atoms with E-state index in [2.05, 4.69) is 11.9 Å². The van der Waals surface area contributed by atoms with Crippen LogP contribution in [0.2, 0.25) is 0 Å². The first-order valence-electron chi connectivity index (χ1n) is 6.61. The fraction of sp³-hybridized carbons (Fsp3) is 0.333. The lowest BCUT2D eigenvalue weighted by atomic mass is 10.1. The highest BCUT2D eigenvalue weighted by Crippen LogP contribution is 2.38. The number of carbonyl (C=O) groups excluding carboxylic acids is 1. The summed E-state index contributed by atoms with van der Waals surface area (Å²) >= 11 is 1.41. The summed E-state index contributed by atoms with van der Waals surface area (Å²) in [5, 5.41) is 0.510. The third-order valence-electron chi connectivity index (χ3n) is 3.05. The Morgan fingerprint density at radius 1 is 1.40 bits per heavy atom. The van der Waals surface area contributed by atoms with E-state index in [0.29, 0.717) is 17.2 Å². The Morgan fingerprint density at radius 2 is 2.10 bits per heavy atom. The molecule has 0 spiro atoms. The molecule has 0 aliphatic carbocycles. The van der Waals surface area contributed by atoms with Gasteiger partial charge in [-0.05, 0) is 36.6 Å². The van der Waals surface area contributed by atoms with Gasteiger partial charge in [-0.2, -0.15) is 0 Å². The van der Waals surface area contributed by atoms with Gasteiger partial charge in [-0.15, -0.1) is 11.3 Å². The Kier molecular flexibility index (Phi) is 4.74. The lowest BCUT2D eigenvalue weighted by molar-refractivity contribution is 0.0501. The SMILES string of the molecule is CCCCOC(=O)c1c(N)sc(-c2ccncc2)c1C. The van der Waals surface area contributed by atoms with E-state index in [1.54, 1.807) is 12.4 Å². The molecule has 0 saturated carbocycles. The fourth-order valence-corrected chi connectivity index (χ4v) is 3.02. The van der Waals surface area contributed by atoms with Gasteiger partial charge in [0.1, 0.15) is 5.00 Å². The molecule has 0 radical (unpaired) electrons. The van der Waals surface area contributed by atoms with Crippen LogP contribution in [-0.2, 0) is 4.74 Å². The summed E-state index contributed by atoms with van der Waals surface area (Å²) in [5.74, 6) is -0.329. The molecular weight excluding hydrogens is 272 g/mol. The number of ether oxygens (including phenoxy) is 1. The molecule has 2 aromatic heterocycles. The molecule has 5 heteroatoms. The average Bonchev–Trinajstić information content (AvgIpc) is 2.75. The first kappa shape index (κ1) is 14.5. The number of anilines is 1. The topological polar surface area (TPSA) is 65.2 Å². The van der Waals surface area contributed by atoms with E-state index in [1.807, 2.05) is 19.1 Å². The van der Waals surface area contributed by atoms with E-state index in [-0.39, 0.29) is 5.97 Å². The third-order valence-corrected chi connectivity index (χ3v) is 4.22. The summed E-state index contributed by atoms with van der Waals surface area (Å²) in [6.45, 7) is 4.40. The number of aromatic nitrogens is 1. The third kappa shape index (κ3) is 2.99. The van der Waals surface area contributed by atoms with Crippen molar-refractivity contribution in [3.63, 3.8) is 0 Å².